The first-order valence-electron chi connectivity index (χ1n) is 5.09. The van der Waals surface area contributed by atoms with Crippen molar-refractivity contribution in [1.82, 2.24) is 14.8 Å². The first-order chi connectivity index (χ1) is 8.11. The lowest BCUT2D eigenvalue weighted by molar-refractivity contribution is 0.152. The van der Waals surface area contributed by atoms with E-state index in [1.165, 1.54) is 23.1 Å². The van der Waals surface area contributed by atoms with Gasteiger partial charge >= 0.3 is 0 Å². The van der Waals surface area contributed by atoms with E-state index < -0.39 is 12.4 Å². The van der Waals surface area contributed by atoms with Gasteiger partial charge < -0.3 is 0 Å². The van der Waals surface area contributed by atoms with Gasteiger partial charge in [-0.05, 0) is 19.1 Å². The second kappa shape index (κ2) is 4.57. The second-order valence-corrected chi connectivity index (χ2v) is 3.46. The van der Waals surface area contributed by atoms with Crippen molar-refractivity contribution in [3.8, 4) is 11.3 Å². The first-order valence-corrected chi connectivity index (χ1v) is 5.09. The minimum atomic E-state index is -2.62. The Morgan fingerprint density at radius 2 is 2.12 bits per heavy atom. The van der Waals surface area contributed by atoms with E-state index in [2.05, 4.69) is 10.1 Å². The molecule has 0 aliphatic heterocycles. The lowest BCUT2D eigenvalue weighted by Crippen LogP contribution is -1.94. The molecule has 6 heteroatoms. The van der Waals surface area contributed by atoms with Crippen LogP contribution in [-0.2, 0) is 6.54 Å². The maximum absolute atomic E-state index is 12.8. The minimum absolute atomic E-state index is 0.148. The Bertz CT molecular complexity index is 505. The van der Waals surface area contributed by atoms with E-state index >= 15 is 0 Å². The van der Waals surface area contributed by atoms with Crippen LogP contribution in [0.15, 0.2) is 24.5 Å². The quantitative estimate of drug-likeness (QED) is 0.773. The molecule has 2 aromatic rings. The van der Waals surface area contributed by atoms with Crippen LogP contribution in [0.5, 0.6) is 0 Å². The molecule has 0 bridgehead atoms. The molecule has 0 unspecified atom stereocenters. The fourth-order valence-corrected chi connectivity index (χ4v) is 1.50. The molecule has 0 aliphatic carbocycles. The van der Waals surface area contributed by atoms with E-state index in [9.17, 15) is 13.2 Å². The van der Waals surface area contributed by atoms with E-state index in [1.54, 1.807) is 6.92 Å². The average Bonchev–Trinajstić information content (AvgIpc) is 2.74. The summed E-state index contributed by atoms with van der Waals surface area (Å²) >= 11 is 0. The minimum Gasteiger partial charge on any atom is -0.272 e. The summed E-state index contributed by atoms with van der Waals surface area (Å²) in [6.07, 6.45) is -0.122. The molecule has 0 spiro atoms. The summed E-state index contributed by atoms with van der Waals surface area (Å²) in [6.45, 7) is 2.29. The van der Waals surface area contributed by atoms with Crippen molar-refractivity contribution >= 4 is 0 Å². The van der Waals surface area contributed by atoms with Gasteiger partial charge in [0.05, 0.1) is 5.56 Å². The Labute approximate surface area is 95.9 Å². The zero-order valence-corrected chi connectivity index (χ0v) is 9.07. The molecule has 2 aromatic heterocycles. The fraction of sp³-hybridized carbons (Fsp3) is 0.273. The Morgan fingerprint density at radius 1 is 1.35 bits per heavy atom. The van der Waals surface area contributed by atoms with Crippen LogP contribution in [0.4, 0.5) is 13.2 Å². The highest BCUT2D eigenvalue weighted by Crippen LogP contribution is 2.29. The maximum Gasteiger partial charge on any atom is 0.267 e. The highest BCUT2D eigenvalue weighted by Gasteiger charge is 2.18. The summed E-state index contributed by atoms with van der Waals surface area (Å²) in [4.78, 5) is 3.43. The van der Waals surface area contributed by atoms with Crippen LogP contribution in [0.2, 0.25) is 0 Å². The number of nitrogens with zero attached hydrogens (tertiary/aromatic N) is 3. The molecule has 2 heterocycles. The monoisotopic (exact) mass is 241 g/mol. The molecular formula is C11H10F3N3. The van der Waals surface area contributed by atoms with Crippen molar-refractivity contribution in [2.75, 3.05) is 0 Å². The second-order valence-electron chi connectivity index (χ2n) is 3.46. The normalized spacial score (nSPS) is 11.1. The molecule has 0 atom stereocenters. The van der Waals surface area contributed by atoms with Crippen molar-refractivity contribution in [3.05, 3.63) is 36.0 Å². The molecule has 0 aliphatic rings. The average molecular weight is 241 g/mol. The third-order valence-corrected chi connectivity index (χ3v) is 2.35. The van der Waals surface area contributed by atoms with Crippen LogP contribution < -0.4 is 0 Å². The molecule has 0 aromatic carbocycles. The van der Waals surface area contributed by atoms with E-state index in [0.29, 0.717) is 12.1 Å². The number of halogens is 3. The topological polar surface area (TPSA) is 30.7 Å². The number of hydrogen-bond acceptors (Lipinski definition) is 2. The van der Waals surface area contributed by atoms with Crippen LogP contribution in [0.3, 0.4) is 0 Å². The number of aryl methyl sites for hydroxylation is 1. The molecular weight excluding hydrogens is 231 g/mol. The molecule has 0 amide bonds. The van der Waals surface area contributed by atoms with Crippen LogP contribution in [0, 0.1) is 5.95 Å². The Morgan fingerprint density at radius 3 is 2.65 bits per heavy atom. The third-order valence-electron chi connectivity index (χ3n) is 2.35. The number of aromatic nitrogens is 3. The predicted octanol–water partition coefficient (Wildman–Crippen LogP) is 3.04. The molecule has 0 radical (unpaired) electrons. The standard InChI is InChI=1S/C11H10F3N3/c1-2-17-6-8(11(13)14)10(16-17)7-3-4-9(12)15-5-7/h3-6,11H,2H2,1H3. The van der Waals surface area contributed by atoms with Gasteiger partial charge in [-0.3, -0.25) is 4.68 Å². The number of pyridine rings is 1. The van der Waals surface area contributed by atoms with E-state index in [-0.39, 0.29) is 11.3 Å². The highest BCUT2D eigenvalue weighted by molar-refractivity contribution is 5.61. The largest absolute Gasteiger partial charge is 0.272 e. The number of alkyl halides is 2. The summed E-state index contributed by atoms with van der Waals surface area (Å²) in [6, 6.07) is 2.51. The van der Waals surface area contributed by atoms with E-state index in [1.807, 2.05) is 0 Å². The van der Waals surface area contributed by atoms with Gasteiger partial charge in [-0.1, -0.05) is 0 Å². The van der Waals surface area contributed by atoms with Crippen LogP contribution >= 0.6 is 0 Å². The first kappa shape index (κ1) is 11.6. The Kier molecular flexibility index (Phi) is 3.12. The zero-order valence-electron chi connectivity index (χ0n) is 9.07. The smallest absolute Gasteiger partial charge is 0.267 e. The van der Waals surface area contributed by atoms with Crippen LogP contribution in [-0.4, -0.2) is 14.8 Å². The summed E-state index contributed by atoms with van der Waals surface area (Å²) in [5.74, 6) is -0.651. The SMILES string of the molecule is CCn1cc(C(F)F)c(-c2ccc(F)nc2)n1. The predicted molar refractivity (Wildman–Crippen MR) is 56.0 cm³/mol. The summed E-state index contributed by atoms with van der Waals surface area (Å²) in [5, 5.41) is 4.02. The van der Waals surface area contributed by atoms with Gasteiger partial charge in [0.25, 0.3) is 6.43 Å². The molecule has 0 N–H and O–H groups in total. The molecule has 0 fully saturated rings. The van der Waals surface area contributed by atoms with Crippen molar-refractivity contribution in [2.24, 2.45) is 0 Å². The lowest BCUT2D eigenvalue weighted by atomic mass is 10.1. The van der Waals surface area contributed by atoms with Gasteiger partial charge in [0.2, 0.25) is 5.95 Å². The van der Waals surface area contributed by atoms with E-state index in [0.717, 1.165) is 6.07 Å². The van der Waals surface area contributed by atoms with Crippen LogP contribution in [0.25, 0.3) is 11.3 Å². The molecule has 3 nitrogen and oxygen atoms in total. The fourth-order valence-electron chi connectivity index (χ4n) is 1.50. The molecule has 0 saturated carbocycles. The summed E-state index contributed by atoms with van der Waals surface area (Å²) < 4.78 is 39.7. The zero-order chi connectivity index (χ0) is 12.4. The number of hydrogen-bond donors (Lipinski definition) is 0. The maximum atomic E-state index is 12.8. The molecule has 2 rings (SSSR count). The van der Waals surface area contributed by atoms with E-state index in [4.69, 9.17) is 0 Å². The van der Waals surface area contributed by atoms with Crippen molar-refractivity contribution in [1.29, 1.82) is 0 Å². The van der Waals surface area contributed by atoms with Gasteiger partial charge in [0.1, 0.15) is 5.69 Å². The van der Waals surface area contributed by atoms with Crippen molar-refractivity contribution < 1.29 is 13.2 Å². The molecule has 17 heavy (non-hydrogen) atoms. The summed E-state index contributed by atoms with van der Waals surface area (Å²) in [5.41, 5.74) is 0.364. The van der Waals surface area contributed by atoms with Crippen molar-refractivity contribution in [2.45, 2.75) is 19.9 Å². The molecule has 0 saturated heterocycles. The van der Waals surface area contributed by atoms with Gasteiger partial charge in [-0.15, -0.1) is 0 Å². The van der Waals surface area contributed by atoms with Crippen molar-refractivity contribution in [3.63, 3.8) is 0 Å². The van der Waals surface area contributed by atoms with Crippen LogP contribution in [0.1, 0.15) is 18.9 Å². The lowest BCUT2D eigenvalue weighted by Gasteiger charge is -2.00. The van der Waals surface area contributed by atoms with Gasteiger partial charge in [-0.25, -0.2) is 13.8 Å². The molecule has 90 valence electrons. The summed E-state index contributed by atoms with van der Waals surface area (Å²) in [7, 11) is 0. The van der Waals surface area contributed by atoms with Gasteiger partial charge in [0.15, 0.2) is 0 Å². The highest BCUT2D eigenvalue weighted by atomic mass is 19.3. The van der Waals surface area contributed by atoms with Gasteiger partial charge in [0, 0.05) is 24.5 Å². The Balaban J connectivity index is 2.49. The van der Waals surface area contributed by atoms with Gasteiger partial charge in [-0.2, -0.15) is 9.49 Å². The number of rotatable bonds is 3. The Hall–Kier alpha value is -1.85. The third kappa shape index (κ3) is 2.30.